The molecule has 3 rings (SSSR count). The van der Waals surface area contributed by atoms with Crippen molar-refractivity contribution in [2.45, 2.75) is 6.54 Å². The Morgan fingerprint density at radius 2 is 1.34 bits per heavy atom. The van der Waals surface area contributed by atoms with Crippen LogP contribution in [0.25, 0.3) is 0 Å². The number of nitrogens with one attached hydrogen (secondary N) is 3. The molecule has 3 aromatic carbocycles. The highest BCUT2D eigenvalue weighted by Crippen LogP contribution is 2.14. The predicted octanol–water partition coefficient (Wildman–Crippen LogP) is 3.23. The summed E-state index contributed by atoms with van der Waals surface area (Å²) in [6.07, 6.45) is 0. The van der Waals surface area contributed by atoms with Crippen LogP contribution in [0.15, 0.2) is 78.9 Å². The molecule has 0 bridgehead atoms. The van der Waals surface area contributed by atoms with Crippen LogP contribution < -0.4 is 16.0 Å². The zero-order chi connectivity index (χ0) is 20.6. The molecule has 0 aliphatic carbocycles. The smallest absolute Gasteiger partial charge is 0.255 e. The van der Waals surface area contributed by atoms with Gasteiger partial charge in [0.05, 0.1) is 0 Å². The summed E-state index contributed by atoms with van der Waals surface area (Å²) >= 11 is 0. The summed E-state index contributed by atoms with van der Waals surface area (Å²) in [4.78, 5) is 36.4. The van der Waals surface area contributed by atoms with Crippen molar-refractivity contribution >= 4 is 23.4 Å². The molecule has 146 valence electrons. The Morgan fingerprint density at radius 1 is 0.690 bits per heavy atom. The summed E-state index contributed by atoms with van der Waals surface area (Å²) in [7, 11) is 1.54. The molecule has 0 aromatic heterocycles. The van der Waals surface area contributed by atoms with Crippen LogP contribution in [0.2, 0.25) is 0 Å². The van der Waals surface area contributed by atoms with E-state index in [9.17, 15) is 14.4 Å². The normalized spacial score (nSPS) is 10.1. The second-order valence-electron chi connectivity index (χ2n) is 6.36. The van der Waals surface area contributed by atoms with E-state index in [1.807, 2.05) is 24.3 Å². The molecule has 0 atom stereocenters. The van der Waals surface area contributed by atoms with Gasteiger partial charge in [-0.3, -0.25) is 14.4 Å². The fraction of sp³-hybridized carbons (Fsp3) is 0.0870. The molecule has 0 heterocycles. The van der Waals surface area contributed by atoms with Gasteiger partial charge in [-0.1, -0.05) is 36.4 Å². The van der Waals surface area contributed by atoms with E-state index in [1.165, 1.54) is 13.1 Å². The van der Waals surface area contributed by atoms with Gasteiger partial charge in [0.1, 0.15) is 0 Å². The third kappa shape index (κ3) is 5.29. The van der Waals surface area contributed by atoms with E-state index in [0.29, 0.717) is 28.9 Å². The maximum absolute atomic E-state index is 12.5. The van der Waals surface area contributed by atoms with Crippen LogP contribution in [0.1, 0.15) is 36.6 Å². The number of amides is 3. The first-order chi connectivity index (χ1) is 14.1. The maximum Gasteiger partial charge on any atom is 0.255 e. The first-order valence-corrected chi connectivity index (χ1v) is 9.12. The van der Waals surface area contributed by atoms with Crippen LogP contribution in [0.5, 0.6) is 0 Å². The lowest BCUT2D eigenvalue weighted by molar-refractivity contribution is 0.0946. The molecule has 3 aromatic rings. The minimum absolute atomic E-state index is 0.161. The van der Waals surface area contributed by atoms with E-state index < -0.39 is 0 Å². The van der Waals surface area contributed by atoms with Crippen LogP contribution in [0, 0.1) is 0 Å². The Hall–Kier alpha value is -3.93. The zero-order valence-electron chi connectivity index (χ0n) is 15.9. The van der Waals surface area contributed by atoms with Gasteiger partial charge in [0, 0.05) is 36.0 Å². The fourth-order valence-electron chi connectivity index (χ4n) is 2.78. The average molecular weight is 387 g/mol. The van der Waals surface area contributed by atoms with Crippen LogP contribution >= 0.6 is 0 Å². The average Bonchev–Trinajstić information content (AvgIpc) is 2.77. The van der Waals surface area contributed by atoms with Crippen LogP contribution in [-0.2, 0) is 6.54 Å². The summed E-state index contributed by atoms with van der Waals surface area (Å²) in [5, 5.41) is 8.21. The topological polar surface area (TPSA) is 87.3 Å². The first kappa shape index (κ1) is 19.8. The number of hydrogen-bond donors (Lipinski definition) is 3. The maximum atomic E-state index is 12.5. The Bertz CT molecular complexity index is 1030. The number of rotatable bonds is 6. The lowest BCUT2D eigenvalue weighted by atomic mass is 10.1. The molecule has 0 saturated heterocycles. The van der Waals surface area contributed by atoms with Crippen LogP contribution in [0.4, 0.5) is 5.69 Å². The molecular formula is C23H21N3O3. The molecule has 0 fully saturated rings. The number of carbonyl (C=O) groups is 3. The Morgan fingerprint density at radius 3 is 2.07 bits per heavy atom. The summed E-state index contributed by atoms with van der Waals surface area (Å²) in [5.74, 6) is -0.733. The molecule has 29 heavy (non-hydrogen) atoms. The lowest BCUT2D eigenvalue weighted by Gasteiger charge is -2.09. The van der Waals surface area contributed by atoms with E-state index in [1.54, 1.807) is 48.5 Å². The van der Waals surface area contributed by atoms with Crippen molar-refractivity contribution in [3.8, 4) is 0 Å². The van der Waals surface area contributed by atoms with Gasteiger partial charge in [-0.2, -0.15) is 0 Å². The van der Waals surface area contributed by atoms with Gasteiger partial charge in [-0.05, 0) is 48.0 Å². The standard InChI is InChI=1S/C23H21N3O3/c1-24-21(27)18-10-6-11-19(14-18)23(29)26-20-12-5-7-16(13-20)15-25-22(28)17-8-3-2-4-9-17/h2-14H,15H2,1H3,(H,24,27)(H,25,28)(H,26,29). The van der Waals surface area contributed by atoms with Crippen molar-refractivity contribution < 1.29 is 14.4 Å². The number of carbonyl (C=O) groups excluding carboxylic acids is 3. The minimum Gasteiger partial charge on any atom is -0.355 e. The van der Waals surface area contributed by atoms with Gasteiger partial charge in [-0.15, -0.1) is 0 Å². The molecule has 0 saturated carbocycles. The van der Waals surface area contributed by atoms with Gasteiger partial charge in [-0.25, -0.2) is 0 Å². The van der Waals surface area contributed by atoms with Crippen LogP contribution in [-0.4, -0.2) is 24.8 Å². The van der Waals surface area contributed by atoms with Gasteiger partial charge in [0.2, 0.25) is 0 Å². The molecule has 3 amide bonds. The predicted molar refractivity (Wildman–Crippen MR) is 112 cm³/mol. The van der Waals surface area contributed by atoms with Crippen molar-refractivity contribution in [1.82, 2.24) is 10.6 Å². The number of anilines is 1. The Balaban J connectivity index is 1.64. The molecule has 0 aliphatic heterocycles. The van der Waals surface area contributed by atoms with E-state index in [0.717, 1.165) is 5.56 Å². The summed E-state index contributed by atoms with van der Waals surface area (Å²) in [5.41, 5.74) is 2.84. The lowest BCUT2D eigenvalue weighted by Crippen LogP contribution is -2.22. The van der Waals surface area contributed by atoms with E-state index in [4.69, 9.17) is 0 Å². The zero-order valence-corrected chi connectivity index (χ0v) is 15.9. The van der Waals surface area contributed by atoms with E-state index in [2.05, 4.69) is 16.0 Å². The molecule has 6 nitrogen and oxygen atoms in total. The fourth-order valence-corrected chi connectivity index (χ4v) is 2.78. The van der Waals surface area contributed by atoms with Gasteiger partial charge in [0.15, 0.2) is 0 Å². The quantitative estimate of drug-likeness (QED) is 0.607. The molecule has 6 heteroatoms. The molecule has 0 aliphatic rings. The first-order valence-electron chi connectivity index (χ1n) is 9.12. The largest absolute Gasteiger partial charge is 0.355 e. The van der Waals surface area contributed by atoms with Crippen molar-refractivity contribution in [3.63, 3.8) is 0 Å². The molecule has 0 radical (unpaired) electrons. The van der Waals surface area contributed by atoms with Gasteiger partial charge >= 0.3 is 0 Å². The van der Waals surface area contributed by atoms with Crippen LogP contribution in [0.3, 0.4) is 0 Å². The van der Waals surface area contributed by atoms with Crippen molar-refractivity contribution in [3.05, 3.63) is 101 Å². The highest BCUT2D eigenvalue weighted by atomic mass is 16.2. The Kier molecular flexibility index (Phi) is 6.37. The number of hydrogen-bond acceptors (Lipinski definition) is 3. The van der Waals surface area contributed by atoms with Crippen molar-refractivity contribution in [1.29, 1.82) is 0 Å². The molecule has 0 spiro atoms. The minimum atomic E-state index is -0.318. The highest BCUT2D eigenvalue weighted by Gasteiger charge is 2.10. The van der Waals surface area contributed by atoms with Gasteiger partial charge in [0.25, 0.3) is 17.7 Å². The summed E-state index contributed by atoms with van der Waals surface area (Å²) in [6.45, 7) is 0.337. The summed E-state index contributed by atoms with van der Waals surface area (Å²) < 4.78 is 0. The van der Waals surface area contributed by atoms with Gasteiger partial charge < -0.3 is 16.0 Å². The molecule has 0 unspecified atom stereocenters. The third-order valence-electron chi connectivity index (χ3n) is 4.29. The van der Waals surface area contributed by atoms with Crippen molar-refractivity contribution in [2.24, 2.45) is 0 Å². The third-order valence-corrected chi connectivity index (χ3v) is 4.29. The second-order valence-corrected chi connectivity index (χ2v) is 6.36. The SMILES string of the molecule is CNC(=O)c1cccc(C(=O)Nc2cccc(CNC(=O)c3ccccc3)c2)c1. The summed E-state index contributed by atoms with van der Waals surface area (Å²) in [6, 6.07) is 22.7. The van der Waals surface area contributed by atoms with E-state index in [-0.39, 0.29) is 17.7 Å². The Labute approximate surface area is 169 Å². The second kappa shape index (κ2) is 9.32. The number of benzene rings is 3. The highest BCUT2D eigenvalue weighted by molar-refractivity contribution is 6.06. The van der Waals surface area contributed by atoms with Crippen molar-refractivity contribution in [2.75, 3.05) is 12.4 Å². The van der Waals surface area contributed by atoms with E-state index >= 15 is 0 Å². The molecule has 3 N–H and O–H groups in total. The monoisotopic (exact) mass is 387 g/mol. The molecular weight excluding hydrogens is 366 g/mol.